The van der Waals surface area contributed by atoms with Gasteiger partial charge >= 0.3 is 0 Å². The van der Waals surface area contributed by atoms with Gasteiger partial charge in [-0.25, -0.2) is 8.42 Å². The molecule has 0 aliphatic rings. The van der Waals surface area contributed by atoms with Crippen LogP contribution < -0.4 is 5.43 Å². The van der Waals surface area contributed by atoms with E-state index in [2.05, 4.69) is 10.5 Å². The molecule has 2 aromatic rings. The molecule has 0 amide bonds. The molecular weight excluding hydrogens is 400 g/mol. The number of hydrogen-bond donors (Lipinski definition) is 1. The molecule has 0 aliphatic heterocycles. The summed E-state index contributed by atoms with van der Waals surface area (Å²) in [7, 11) is -3.78. The molecular formula is C18H22N4O4S2. The highest BCUT2D eigenvalue weighted by molar-refractivity contribution is 7.98. The highest BCUT2D eigenvalue weighted by Gasteiger charge is 2.25. The molecule has 150 valence electrons. The summed E-state index contributed by atoms with van der Waals surface area (Å²) in [5.74, 6) is 0. The van der Waals surface area contributed by atoms with Gasteiger partial charge in [0.15, 0.2) is 0 Å². The smallest absolute Gasteiger partial charge is 0.272 e. The number of hydrogen-bond acceptors (Lipinski definition) is 7. The van der Waals surface area contributed by atoms with E-state index in [4.69, 9.17) is 0 Å². The molecule has 2 rings (SSSR count). The lowest BCUT2D eigenvalue weighted by Gasteiger charge is -2.18. The van der Waals surface area contributed by atoms with Crippen LogP contribution in [0.3, 0.4) is 0 Å². The zero-order valence-electron chi connectivity index (χ0n) is 15.8. The van der Waals surface area contributed by atoms with E-state index >= 15 is 0 Å². The van der Waals surface area contributed by atoms with Crippen molar-refractivity contribution in [3.05, 3.63) is 58.1 Å². The quantitative estimate of drug-likeness (QED) is 0.285. The molecule has 0 heterocycles. The summed E-state index contributed by atoms with van der Waals surface area (Å²) in [6.07, 6.45) is 3.52. The second-order valence-electron chi connectivity index (χ2n) is 5.67. The third-order valence-electron chi connectivity index (χ3n) is 4.02. The molecule has 0 bridgehead atoms. The van der Waals surface area contributed by atoms with Crippen molar-refractivity contribution in [2.45, 2.75) is 23.6 Å². The Morgan fingerprint density at radius 1 is 1.18 bits per heavy atom. The van der Waals surface area contributed by atoms with Crippen LogP contribution in [0.1, 0.15) is 19.4 Å². The van der Waals surface area contributed by atoms with Crippen LogP contribution in [0.5, 0.6) is 0 Å². The number of thioether (sulfide) groups is 1. The van der Waals surface area contributed by atoms with E-state index in [1.54, 1.807) is 25.6 Å². The molecule has 10 heteroatoms. The number of anilines is 1. The van der Waals surface area contributed by atoms with Crippen molar-refractivity contribution >= 4 is 39.4 Å². The van der Waals surface area contributed by atoms with Crippen LogP contribution in [-0.4, -0.2) is 43.2 Å². The zero-order chi connectivity index (χ0) is 20.7. The lowest BCUT2D eigenvalue weighted by molar-refractivity contribution is -0.384. The lowest BCUT2D eigenvalue weighted by Crippen LogP contribution is -2.30. The summed E-state index contributed by atoms with van der Waals surface area (Å²) < 4.78 is 26.4. The number of nitro benzene ring substituents is 1. The molecule has 0 unspecified atom stereocenters. The molecule has 1 N–H and O–H groups in total. The third kappa shape index (κ3) is 5.09. The van der Waals surface area contributed by atoms with Crippen LogP contribution in [0.2, 0.25) is 0 Å². The van der Waals surface area contributed by atoms with Crippen molar-refractivity contribution < 1.29 is 13.3 Å². The lowest BCUT2D eigenvalue weighted by atomic mass is 10.2. The van der Waals surface area contributed by atoms with E-state index in [9.17, 15) is 18.5 Å². The summed E-state index contributed by atoms with van der Waals surface area (Å²) >= 11 is 1.62. The van der Waals surface area contributed by atoms with Gasteiger partial charge in [0.25, 0.3) is 5.69 Å². The first-order chi connectivity index (χ1) is 13.3. The molecule has 0 saturated carbocycles. The zero-order valence-corrected chi connectivity index (χ0v) is 17.5. The first-order valence-corrected chi connectivity index (χ1v) is 11.2. The van der Waals surface area contributed by atoms with Gasteiger partial charge < -0.3 is 0 Å². The van der Waals surface area contributed by atoms with Gasteiger partial charge in [0.2, 0.25) is 10.0 Å². The molecule has 0 spiro atoms. The summed E-state index contributed by atoms with van der Waals surface area (Å²) in [4.78, 5) is 11.8. The second kappa shape index (κ2) is 9.67. The standard InChI is InChI=1S/C18H22N4O4S2/c1-4-21(5-2)28(25,26)16-10-11-17(18(12-16)22(23)24)20-19-13-14-6-8-15(27-3)9-7-14/h6-13,20H,4-5H2,1-3H3. The van der Waals surface area contributed by atoms with Crippen LogP contribution in [0, 0.1) is 10.1 Å². The van der Waals surface area contributed by atoms with E-state index < -0.39 is 14.9 Å². The predicted molar refractivity (Wildman–Crippen MR) is 113 cm³/mol. The maximum atomic E-state index is 12.6. The fourth-order valence-corrected chi connectivity index (χ4v) is 4.38. The maximum absolute atomic E-state index is 12.6. The van der Waals surface area contributed by atoms with Crippen molar-refractivity contribution in [2.75, 3.05) is 24.8 Å². The SMILES string of the molecule is CCN(CC)S(=O)(=O)c1ccc(NN=Cc2ccc(SC)cc2)c([N+](=O)[O-])c1. The van der Waals surface area contributed by atoms with Crippen molar-refractivity contribution in [3.8, 4) is 0 Å². The van der Waals surface area contributed by atoms with Gasteiger partial charge in [0.05, 0.1) is 16.0 Å². The molecule has 0 atom stereocenters. The molecule has 0 aromatic heterocycles. The second-order valence-corrected chi connectivity index (χ2v) is 8.49. The Labute approximate surface area is 168 Å². The van der Waals surface area contributed by atoms with Gasteiger partial charge in [-0.2, -0.15) is 9.41 Å². The first-order valence-electron chi connectivity index (χ1n) is 8.55. The van der Waals surface area contributed by atoms with Gasteiger partial charge in [-0.15, -0.1) is 11.8 Å². The maximum Gasteiger partial charge on any atom is 0.295 e. The van der Waals surface area contributed by atoms with Gasteiger partial charge in [-0.1, -0.05) is 26.0 Å². The predicted octanol–water partition coefficient (Wildman–Crippen LogP) is 3.79. The van der Waals surface area contributed by atoms with Crippen LogP contribution in [0.15, 0.2) is 57.4 Å². The van der Waals surface area contributed by atoms with Crippen molar-refractivity contribution in [1.82, 2.24) is 4.31 Å². The van der Waals surface area contributed by atoms with Crippen molar-refractivity contribution in [2.24, 2.45) is 5.10 Å². The Balaban J connectivity index is 2.27. The van der Waals surface area contributed by atoms with Gasteiger partial charge in [-0.3, -0.25) is 15.5 Å². The Hall–Kier alpha value is -2.43. The summed E-state index contributed by atoms with van der Waals surface area (Å²) in [5, 5.41) is 15.4. The van der Waals surface area contributed by atoms with E-state index in [1.165, 1.54) is 22.7 Å². The molecule has 0 radical (unpaired) electrons. The van der Waals surface area contributed by atoms with Crippen molar-refractivity contribution in [1.29, 1.82) is 0 Å². The minimum absolute atomic E-state index is 0.112. The number of rotatable bonds is 9. The summed E-state index contributed by atoms with van der Waals surface area (Å²) in [6, 6.07) is 11.4. The summed E-state index contributed by atoms with van der Waals surface area (Å²) in [6.45, 7) is 4.00. The summed E-state index contributed by atoms with van der Waals surface area (Å²) in [5.41, 5.74) is 3.20. The number of hydrazone groups is 1. The van der Waals surface area contributed by atoms with E-state index in [1.807, 2.05) is 30.5 Å². The molecule has 0 fully saturated rings. The topological polar surface area (TPSA) is 105 Å². The van der Waals surface area contributed by atoms with Gasteiger partial charge in [0, 0.05) is 24.1 Å². The largest absolute Gasteiger partial charge is 0.295 e. The van der Waals surface area contributed by atoms with Crippen LogP contribution in [-0.2, 0) is 10.0 Å². The average molecular weight is 423 g/mol. The number of sulfonamides is 1. The molecule has 28 heavy (non-hydrogen) atoms. The van der Waals surface area contributed by atoms with Crippen LogP contribution >= 0.6 is 11.8 Å². The minimum atomic E-state index is -3.78. The van der Waals surface area contributed by atoms with Crippen molar-refractivity contribution in [3.63, 3.8) is 0 Å². The normalized spacial score (nSPS) is 11.9. The first kappa shape index (κ1) is 21.9. The molecule has 0 aliphatic carbocycles. The number of nitrogens with zero attached hydrogens (tertiary/aromatic N) is 3. The van der Waals surface area contributed by atoms with E-state index in [0.717, 1.165) is 16.5 Å². The molecule has 2 aromatic carbocycles. The fourth-order valence-electron chi connectivity index (χ4n) is 2.50. The minimum Gasteiger partial charge on any atom is -0.272 e. The Kier molecular flexibility index (Phi) is 7.55. The number of benzene rings is 2. The average Bonchev–Trinajstić information content (AvgIpc) is 2.69. The third-order valence-corrected chi connectivity index (χ3v) is 6.81. The van der Waals surface area contributed by atoms with Crippen LogP contribution in [0.4, 0.5) is 11.4 Å². The fraction of sp³-hybridized carbons (Fsp3) is 0.278. The molecule has 0 saturated heterocycles. The van der Waals surface area contributed by atoms with Gasteiger partial charge in [-0.05, 0) is 36.1 Å². The Morgan fingerprint density at radius 2 is 1.82 bits per heavy atom. The number of nitro groups is 1. The molecule has 8 nitrogen and oxygen atoms in total. The Bertz CT molecular complexity index is 956. The highest BCUT2D eigenvalue weighted by atomic mass is 32.2. The monoisotopic (exact) mass is 422 g/mol. The van der Waals surface area contributed by atoms with Crippen LogP contribution in [0.25, 0.3) is 0 Å². The Morgan fingerprint density at radius 3 is 2.36 bits per heavy atom. The highest BCUT2D eigenvalue weighted by Crippen LogP contribution is 2.29. The van der Waals surface area contributed by atoms with E-state index in [0.29, 0.717) is 0 Å². The number of nitrogens with one attached hydrogen (secondary N) is 1. The van der Waals surface area contributed by atoms with E-state index in [-0.39, 0.29) is 29.4 Å². The van der Waals surface area contributed by atoms with Gasteiger partial charge in [0.1, 0.15) is 5.69 Å².